The zero-order valence-electron chi connectivity index (χ0n) is 12.5. The van der Waals surface area contributed by atoms with Crippen molar-refractivity contribution in [3.05, 3.63) is 41.7 Å². The minimum Gasteiger partial charge on any atom is -0.480 e. The maximum atomic E-state index is 12.4. The van der Waals surface area contributed by atoms with Crippen LogP contribution in [0.5, 0.6) is 0 Å². The van der Waals surface area contributed by atoms with Gasteiger partial charge in [-0.3, -0.25) is 10.1 Å². The molecule has 1 atom stereocenters. The van der Waals surface area contributed by atoms with Gasteiger partial charge in [0.1, 0.15) is 11.7 Å². The number of aryl methyl sites for hydroxylation is 1. The molecule has 23 heavy (non-hydrogen) atoms. The summed E-state index contributed by atoms with van der Waals surface area (Å²) in [6.45, 7) is 3.42. The number of hydrogen-bond acceptors (Lipinski definition) is 5. The molecule has 1 aromatic carbocycles. The predicted molar refractivity (Wildman–Crippen MR) is 86.9 cm³/mol. The number of aliphatic carboxylic acids is 1. The van der Waals surface area contributed by atoms with Crippen molar-refractivity contribution < 1.29 is 14.7 Å². The number of nitrogens with zero attached hydrogens (tertiary/aromatic N) is 3. The van der Waals surface area contributed by atoms with E-state index in [2.05, 4.69) is 15.4 Å². The molecule has 0 saturated carbocycles. The Hall–Kier alpha value is -2.74. The van der Waals surface area contributed by atoms with Crippen LogP contribution in [-0.2, 0) is 4.79 Å². The first-order valence-electron chi connectivity index (χ1n) is 6.91. The first kappa shape index (κ1) is 15.2. The van der Waals surface area contributed by atoms with Crippen LogP contribution in [0.15, 0.2) is 30.5 Å². The van der Waals surface area contributed by atoms with Gasteiger partial charge in [-0.05, 0) is 31.5 Å². The van der Waals surface area contributed by atoms with Gasteiger partial charge in [0, 0.05) is 6.20 Å². The smallest absolute Gasteiger partial charge is 0.328 e. The van der Waals surface area contributed by atoms with E-state index in [-0.39, 0.29) is 5.69 Å². The second-order valence-electron chi connectivity index (χ2n) is 5.07. The van der Waals surface area contributed by atoms with Gasteiger partial charge in [0.15, 0.2) is 5.13 Å². The van der Waals surface area contributed by atoms with Gasteiger partial charge in [-0.2, -0.15) is 5.10 Å². The fraction of sp³-hybridized carbons (Fsp3) is 0.200. The molecule has 1 amide bonds. The summed E-state index contributed by atoms with van der Waals surface area (Å²) in [5.74, 6) is -1.49. The first-order valence-corrected chi connectivity index (χ1v) is 7.73. The second-order valence-corrected chi connectivity index (χ2v) is 6.10. The van der Waals surface area contributed by atoms with E-state index in [1.54, 1.807) is 0 Å². The highest BCUT2D eigenvalue weighted by Gasteiger charge is 2.21. The summed E-state index contributed by atoms with van der Waals surface area (Å²) in [6, 6.07) is 6.38. The Morgan fingerprint density at radius 2 is 2.13 bits per heavy atom. The standard InChI is InChI=1S/C15H14N4O3S/c1-8-4-3-5-11-12(8)17-15(23-11)18-13(20)10-6-7-16-19(10)9(2)14(21)22/h3-7,9H,1-2H3,(H,21,22)(H,17,18,20). The molecule has 3 aromatic rings. The van der Waals surface area contributed by atoms with Crippen LogP contribution in [0.2, 0.25) is 0 Å². The number of anilines is 1. The monoisotopic (exact) mass is 330 g/mol. The number of nitrogens with one attached hydrogen (secondary N) is 1. The average Bonchev–Trinajstić information content (AvgIpc) is 3.13. The first-order chi connectivity index (χ1) is 11.0. The maximum Gasteiger partial charge on any atom is 0.328 e. The van der Waals surface area contributed by atoms with Crippen molar-refractivity contribution in [2.24, 2.45) is 0 Å². The van der Waals surface area contributed by atoms with Gasteiger partial charge in [-0.1, -0.05) is 23.5 Å². The van der Waals surface area contributed by atoms with Crippen LogP contribution in [-0.4, -0.2) is 31.7 Å². The van der Waals surface area contributed by atoms with E-state index in [1.165, 1.54) is 35.2 Å². The number of fused-ring (bicyclic) bond motifs is 1. The highest BCUT2D eigenvalue weighted by molar-refractivity contribution is 7.22. The molecule has 2 N–H and O–H groups in total. The number of thiazole rings is 1. The minimum absolute atomic E-state index is 0.177. The van der Waals surface area contributed by atoms with Crippen molar-refractivity contribution in [2.45, 2.75) is 19.9 Å². The highest BCUT2D eigenvalue weighted by Crippen LogP contribution is 2.28. The Labute approximate surface area is 135 Å². The van der Waals surface area contributed by atoms with Gasteiger partial charge in [0.05, 0.1) is 10.2 Å². The Kier molecular flexibility index (Phi) is 3.83. The van der Waals surface area contributed by atoms with Gasteiger partial charge in [0.2, 0.25) is 0 Å². The molecule has 0 aliphatic carbocycles. The molecule has 0 aliphatic rings. The van der Waals surface area contributed by atoms with Crippen molar-refractivity contribution >= 4 is 38.6 Å². The van der Waals surface area contributed by atoms with Crippen LogP contribution < -0.4 is 5.32 Å². The number of amides is 1. The summed E-state index contributed by atoms with van der Waals surface area (Å²) in [6.07, 6.45) is 1.40. The summed E-state index contributed by atoms with van der Waals surface area (Å²) < 4.78 is 2.16. The Morgan fingerprint density at radius 3 is 2.83 bits per heavy atom. The third-order valence-corrected chi connectivity index (χ3v) is 4.40. The number of rotatable bonds is 4. The predicted octanol–water partition coefficient (Wildman–Crippen LogP) is 2.70. The lowest BCUT2D eigenvalue weighted by atomic mass is 10.2. The van der Waals surface area contributed by atoms with Gasteiger partial charge < -0.3 is 5.11 Å². The van der Waals surface area contributed by atoms with Gasteiger partial charge in [-0.25, -0.2) is 14.5 Å². The summed E-state index contributed by atoms with van der Waals surface area (Å²) in [4.78, 5) is 27.9. The van der Waals surface area contributed by atoms with E-state index in [1.807, 2.05) is 25.1 Å². The third kappa shape index (κ3) is 2.80. The Morgan fingerprint density at radius 1 is 1.35 bits per heavy atom. The number of hydrogen-bond donors (Lipinski definition) is 2. The second kappa shape index (κ2) is 5.81. The van der Waals surface area contributed by atoms with Crippen LogP contribution in [0.4, 0.5) is 5.13 Å². The van der Waals surface area contributed by atoms with E-state index < -0.39 is 17.9 Å². The van der Waals surface area contributed by atoms with Crippen molar-refractivity contribution in [3.63, 3.8) is 0 Å². The average molecular weight is 330 g/mol. The lowest BCUT2D eigenvalue weighted by Crippen LogP contribution is -2.24. The molecule has 0 aliphatic heterocycles. The molecule has 0 spiro atoms. The summed E-state index contributed by atoms with van der Waals surface area (Å²) >= 11 is 1.37. The van der Waals surface area contributed by atoms with Crippen molar-refractivity contribution in [1.82, 2.24) is 14.8 Å². The molecule has 0 radical (unpaired) electrons. The fourth-order valence-electron chi connectivity index (χ4n) is 2.21. The number of aromatic nitrogens is 3. The number of carboxylic acid groups (broad SMARTS) is 1. The number of carbonyl (C=O) groups is 2. The topological polar surface area (TPSA) is 97.1 Å². The van der Waals surface area contributed by atoms with Gasteiger partial charge in [-0.15, -0.1) is 0 Å². The molecular weight excluding hydrogens is 316 g/mol. The lowest BCUT2D eigenvalue weighted by molar-refractivity contribution is -0.140. The molecular formula is C15H14N4O3S. The Balaban J connectivity index is 1.88. The summed E-state index contributed by atoms with van der Waals surface area (Å²) in [5, 5.41) is 16.2. The zero-order chi connectivity index (χ0) is 16.6. The molecule has 7 nitrogen and oxygen atoms in total. The van der Waals surface area contributed by atoms with Gasteiger partial charge in [0.25, 0.3) is 5.91 Å². The highest BCUT2D eigenvalue weighted by atomic mass is 32.1. The quantitative estimate of drug-likeness (QED) is 0.766. The minimum atomic E-state index is -1.06. The number of para-hydroxylation sites is 1. The molecule has 2 aromatic heterocycles. The van der Waals surface area contributed by atoms with Crippen LogP contribution >= 0.6 is 11.3 Å². The fourth-order valence-corrected chi connectivity index (χ4v) is 3.15. The van der Waals surface area contributed by atoms with Crippen LogP contribution in [0.1, 0.15) is 29.0 Å². The summed E-state index contributed by atoms with van der Waals surface area (Å²) in [7, 11) is 0. The van der Waals surface area contributed by atoms with E-state index in [0.717, 1.165) is 15.8 Å². The van der Waals surface area contributed by atoms with Crippen LogP contribution in [0.3, 0.4) is 0 Å². The molecule has 1 unspecified atom stereocenters. The van der Waals surface area contributed by atoms with Crippen molar-refractivity contribution in [1.29, 1.82) is 0 Å². The molecule has 8 heteroatoms. The third-order valence-electron chi connectivity index (χ3n) is 3.47. The molecule has 0 fully saturated rings. The molecule has 0 bridgehead atoms. The SMILES string of the molecule is Cc1cccc2sc(NC(=O)c3ccnn3C(C)C(=O)O)nc12. The van der Waals surface area contributed by atoms with Crippen molar-refractivity contribution in [2.75, 3.05) is 5.32 Å². The molecule has 2 heterocycles. The van der Waals surface area contributed by atoms with Crippen LogP contribution in [0, 0.1) is 6.92 Å². The maximum absolute atomic E-state index is 12.4. The Bertz CT molecular complexity index is 899. The summed E-state index contributed by atoms with van der Waals surface area (Å²) in [5.41, 5.74) is 2.06. The molecule has 3 rings (SSSR count). The van der Waals surface area contributed by atoms with Gasteiger partial charge >= 0.3 is 5.97 Å². The largest absolute Gasteiger partial charge is 0.480 e. The van der Waals surface area contributed by atoms with Crippen LogP contribution in [0.25, 0.3) is 10.2 Å². The van der Waals surface area contributed by atoms with E-state index in [4.69, 9.17) is 5.11 Å². The lowest BCUT2D eigenvalue weighted by Gasteiger charge is -2.10. The number of benzene rings is 1. The molecule has 118 valence electrons. The van der Waals surface area contributed by atoms with E-state index >= 15 is 0 Å². The van der Waals surface area contributed by atoms with Crippen molar-refractivity contribution in [3.8, 4) is 0 Å². The zero-order valence-corrected chi connectivity index (χ0v) is 13.3. The van der Waals surface area contributed by atoms with E-state index in [9.17, 15) is 9.59 Å². The molecule has 0 saturated heterocycles. The van der Waals surface area contributed by atoms with E-state index in [0.29, 0.717) is 5.13 Å². The normalized spacial score (nSPS) is 12.3. The number of carboxylic acids is 1. The number of carbonyl (C=O) groups excluding carboxylic acids is 1.